The summed E-state index contributed by atoms with van der Waals surface area (Å²) in [7, 11) is 0. The van der Waals surface area contributed by atoms with Crippen molar-refractivity contribution in [3.8, 4) is 0 Å². The molecule has 2 N–H and O–H groups in total. The summed E-state index contributed by atoms with van der Waals surface area (Å²) in [6.07, 6.45) is -1.75. The molecule has 0 bridgehead atoms. The zero-order valence-electron chi connectivity index (χ0n) is 10.3. The van der Waals surface area contributed by atoms with Gasteiger partial charge in [0.15, 0.2) is 6.10 Å². The van der Waals surface area contributed by atoms with E-state index in [0.717, 1.165) is 5.56 Å². The van der Waals surface area contributed by atoms with Gasteiger partial charge in [-0.2, -0.15) is 0 Å². The SMILES string of the molecule is CC(OCC(O)COCc1ccccc1)C(=O)O. The maximum atomic E-state index is 10.5. The van der Waals surface area contributed by atoms with E-state index >= 15 is 0 Å². The maximum absolute atomic E-state index is 10.5. The number of carboxylic acids is 1. The van der Waals surface area contributed by atoms with Crippen molar-refractivity contribution >= 4 is 5.97 Å². The van der Waals surface area contributed by atoms with Crippen molar-refractivity contribution in [3.05, 3.63) is 35.9 Å². The van der Waals surface area contributed by atoms with Crippen molar-refractivity contribution in [1.29, 1.82) is 0 Å². The number of carboxylic acid groups (broad SMARTS) is 1. The molecule has 0 saturated heterocycles. The van der Waals surface area contributed by atoms with Crippen LogP contribution in [0.4, 0.5) is 0 Å². The lowest BCUT2D eigenvalue weighted by Crippen LogP contribution is -2.28. The summed E-state index contributed by atoms with van der Waals surface area (Å²) in [6, 6.07) is 9.59. The van der Waals surface area contributed by atoms with E-state index in [9.17, 15) is 9.90 Å². The van der Waals surface area contributed by atoms with E-state index in [-0.39, 0.29) is 13.2 Å². The van der Waals surface area contributed by atoms with Gasteiger partial charge in [0.1, 0.15) is 6.10 Å². The lowest BCUT2D eigenvalue weighted by Gasteiger charge is -2.14. The van der Waals surface area contributed by atoms with Gasteiger partial charge in [0.05, 0.1) is 19.8 Å². The highest BCUT2D eigenvalue weighted by atomic mass is 16.5. The fourth-order valence-electron chi connectivity index (χ4n) is 1.26. The highest BCUT2D eigenvalue weighted by molar-refractivity contribution is 5.71. The minimum Gasteiger partial charge on any atom is -0.479 e. The van der Waals surface area contributed by atoms with Crippen LogP contribution < -0.4 is 0 Å². The quantitative estimate of drug-likeness (QED) is 0.725. The van der Waals surface area contributed by atoms with Crippen LogP contribution in [0.3, 0.4) is 0 Å². The van der Waals surface area contributed by atoms with Crippen molar-refractivity contribution in [1.82, 2.24) is 0 Å². The smallest absolute Gasteiger partial charge is 0.332 e. The number of hydrogen-bond acceptors (Lipinski definition) is 4. The first kappa shape index (κ1) is 14.6. The Morgan fingerprint density at radius 1 is 1.28 bits per heavy atom. The van der Waals surface area contributed by atoms with Crippen LogP contribution in [-0.2, 0) is 20.9 Å². The lowest BCUT2D eigenvalue weighted by molar-refractivity contribution is -0.151. The first-order chi connectivity index (χ1) is 8.59. The molecule has 0 saturated carbocycles. The predicted octanol–water partition coefficient (Wildman–Crippen LogP) is 1.05. The second-order valence-electron chi connectivity index (χ2n) is 3.97. The van der Waals surface area contributed by atoms with E-state index in [4.69, 9.17) is 14.6 Å². The molecule has 5 nitrogen and oxygen atoms in total. The van der Waals surface area contributed by atoms with E-state index in [1.807, 2.05) is 30.3 Å². The average Bonchev–Trinajstić information content (AvgIpc) is 2.37. The van der Waals surface area contributed by atoms with Gasteiger partial charge < -0.3 is 19.7 Å². The van der Waals surface area contributed by atoms with Crippen LogP contribution >= 0.6 is 0 Å². The first-order valence-electron chi connectivity index (χ1n) is 5.73. The third-order valence-corrected chi connectivity index (χ3v) is 2.31. The molecule has 0 amide bonds. The van der Waals surface area contributed by atoms with Crippen molar-refractivity contribution < 1.29 is 24.5 Å². The van der Waals surface area contributed by atoms with Crippen LogP contribution in [0.15, 0.2) is 30.3 Å². The van der Waals surface area contributed by atoms with Gasteiger partial charge in [0.2, 0.25) is 0 Å². The normalized spacial score (nSPS) is 14.1. The monoisotopic (exact) mass is 254 g/mol. The van der Waals surface area contributed by atoms with E-state index in [1.54, 1.807) is 0 Å². The molecule has 0 fully saturated rings. The molecular weight excluding hydrogens is 236 g/mol. The molecule has 2 unspecified atom stereocenters. The number of benzene rings is 1. The molecule has 100 valence electrons. The second-order valence-corrected chi connectivity index (χ2v) is 3.97. The third kappa shape index (κ3) is 5.77. The molecule has 0 aromatic heterocycles. The molecule has 0 spiro atoms. The highest BCUT2D eigenvalue weighted by Crippen LogP contribution is 2.01. The third-order valence-electron chi connectivity index (χ3n) is 2.31. The van der Waals surface area contributed by atoms with Gasteiger partial charge in [-0.15, -0.1) is 0 Å². The minimum absolute atomic E-state index is 0.0533. The van der Waals surface area contributed by atoms with Gasteiger partial charge in [0.25, 0.3) is 0 Å². The van der Waals surface area contributed by atoms with Gasteiger partial charge >= 0.3 is 5.97 Å². The van der Waals surface area contributed by atoms with Gasteiger partial charge in [-0.3, -0.25) is 0 Å². The van der Waals surface area contributed by atoms with E-state index < -0.39 is 18.2 Å². The van der Waals surface area contributed by atoms with Crippen LogP contribution in [0.2, 0.25) is 0 Å². The topological polar surface area (TPSA) is 76.0 Å². The van der Waals surface area contributed by atoms with Gasteiger partial charge in [-0.05, 0) is 12.5 Å². The Morgan fingerprint density at radius 3 is 2.56 bits per heavy atom. The molecule has 0 aliphatic rings. The van der Waals surface area contributed by atoms with Crippen molar-refractivity contribution in [2.45, 2.75) is 25.7 Å². The molecule has 0 aliphatic carbocycles. The number of rotatable bonds is 8. The lowest BCUT2D eigenvalue weighted by atomic mass is 10.2. The van der Waals surface area contributed by atoms with Crippen LogP contribution in [0.25, 0.3) is 0 Å². The van der Waals surface area contributed by atoms with E-state index in [0.29, 0.717) is 6.61 Å². The molecule has 0 heterocycles. The molecule has 0 radical (unpaired) electrons. The summed E-state index contributed by atoms with van der Waals surface area (Å²) in [5.74, 6) is -1.05. The Labute approximate surface area is 106 Å². The van der Waals surface area contributed by atoms with Crippen LogP contribution in [0.1, 0.15) is 12.5 Å². The summed E-state index contributed by atoms with van der Waals surface area (Å²) < 4.78 is 10.2. The highest BCUT2D eigenvalue weighted by Gasteiger charge is 2.13. The van der Waals surface area contributed by atoms with Crippen molar-refractivity contribution in [2.75, 3.05) is 13.2 Å². The molecule has 18 heavy (non-hydrogen) atoms. The molecule has 0 aliphatic heterocycles. The molecule has 1 rings (SSSR count). The largest absolute Gasteiger partial charge is 0.479 e. The Kier molecular flexibility index (Phi) is 6.35. The molecule has 1 aromatic rings. The number of aliphatic carboxylic acids is 1. The summed E-state index contributed by atoms with van der Waals surface area (Å²) in [6.45, 7) is 1.88. The molecule has 1 aromatic carbocycles. The minimum atomic E-state index is -1.05. The van der Waals surface area contributed by atoms with E-state index in [1.165, 1.54) is 6.92 Å². The fraction of sp³-hybridized carbons (Fsp3) is 0.462. The summed E-state index contributed by atoms with van der Waals surface area (Å²) in [5, 5.41) is 18.1. The predicted molar refractivity (Wildman–Crippen MR) is 65.2 cm³/mol. The Hall–Kier alpha value is -1.43. The van der Waals surface area contributed by atoms with Gasteiger partial charge in [-0.25, -0.2) is 4.79 Å². The van der Waals surface area contributed by atoms with Gasteiger partial charge in [-0.1, -0.05) is 30.3 Å². The maximum Gasteiger partial charge on any atom is 0.332 e. The summed E-state index contributed by atoms with van der Waals surface area (Å²) in [5.41, 5.74) is 1.02. The number of hydrogen-bond donors (Lipinski definition) is 2. The van der Waals surface area contributed by atoms with Crippen LogP contribution in [0, 0.1) is 0 Å². The van der Waals surface area contributed by atoms with Crippen molar-refractivity contribution in [2.24, 2.45) is 0 Å². The fourth-order valence-corrected chi connectivity index (χ4v) is 1.26. The Morgan fingerprint density at radius 2 is 1.94 bits per heavy atom. The number of carbonyl (C=O) groups is 1. The van der Waals surface area contributed by atoms with Gasteiger partial charge in [0, 0.05) is 0 Å². The van der Waals surface area contributed by atoms with Crippen molar-refractivity contribution in [3.63, 3.8) is 0 Å². The first-order valence-corrected chi connectivity index (χ1v) is 5.73. The zero-order valence-corrected chi connectivity index (χ0v) is 10.3. The summed E-state index contributed by atoms with van der Waals surface area (Å²) in [4.78, 5) is 10.5. The average molecular weight is 254 g/mol. The van der Waals surface area contributed by atoms with Crippen LogP contribution in [-0.4, -0.2) is 41.6 Å². The zero-order chi connectivity index (χ0) is 13.4. The molecule has 5 heteroatoms. The van der Waals surface area contributed by atoms with E-state index in [2.05, 4.69) is 0 Å². The molecular formula is C13H18O5. The number of aliphatic hydroxyl groups is 1. The second kappa shape index (κ2) is 7.81. The molecule has 2 atom stereocenters. The Balaban J connectivity index is 2.14. The summed E-state index contributed by atoms with van der Waals surface area (Å²) >= 11 is 0. The standard InChI is InChI=1S/C13H18O5/c1-10(13(15)16)18-9-12(14)8-17-7-11-5-3-2-4-6-11/h2-6,10,12,14H,7-9H2,1H3,(H,15,16). The van der Waals surface area contributed by atoms with Crippen LogP contribution in [0.5, 0.6) is 0 Å². The number of aliphatic hydroxyl groups excluding tert-OH is 1. The Bertz CT molecular complexity index is 352. The number of ether oxygens (including phenoxy) is 2.